The molecule has 5 nitrogen and oxygen atoms in total. The molecule has 0 aliphatic carbocycles. The summed E-state index contributed by atoms with van der Waals surface area (Å²) in [7, 11) is -3.84. The molecular formula is C12H17FN2O3S. The molecule has 0 aromatic heterocycles. The number of nitrogens with one attached hydrogen (secondary N) is 1. The van der Waals surface area contributed by atoms with Crippen LogP contribution in [0.1, 0.15) is 18.4 Å². The fraction of sp³-hybridized carbons (Fsp3) is 0.500. The van der Waals surface area contributed by atoms with Gasteiger partial charge in [0.15, 0.2) is 0 Å². The van der Waals surface area contributed by atoms with E-state index in [1.165, 1.54) is 12.1 Å². The van der Waals surface area contributed by atoms with Gasteiger partial charge in [-0.25, -0.2) is 17.5 Å². The Kier molecular flexibility index (Phi) is 4.51. The molecule has 0 atom stereocenters. The Morgan fingerprint density at radius 2 is 2.05 bits per heavy atom. The van der Waals surface area contributed by atoms with Crippen LogP contribution in [0.2, 0.25) is 0 Å². The number of nitrogens with two attached hydrogens (primary N) is 1. The van der Waals surface area contributed by atoms with Crippen molar-refractivity contribution in [1.29, 1.82) is 0 Å². The molecule has 7 heteroatoms. The van der Waals surface area contributed by atoms with Gasteiger partial charge in [0.05, 0.1) is 0 Å². The molecule has 1 aliphatic heterocycles. The maximum Gasteiger partial charge on any atom is 0.243 e. The predicted molar refractivity (Wildman–Crippen MR) is 68.5 cm³/mol. The normalized spacial score (nSPS) is 17.6. The van der Waals surface area contributed by atoms with Gasteiger partial charge in [-0.2, -0.15) is 0 Å². The van der Waals surface area contributed by atoms with Crippen LogP contribution in [0.4, 0.5) is 4.39 Å². The van der Waals surface area contributed by atoms with Crippen LogP contribution in [-0.2, 0) is 21.3 Å². The minimum atomic E-state index is -3.84. The second-order valence-electron chi connectivity index (χ2n) is 4.48. The molecule has 1 aromatic carbocycles. The van der Waals surface area contributed by atoms with Crippen LogP contribution < -0.4 is 10.5 Å². The highest BCUT2D eigenvalue weighted by Crippen LogP contribution is 2.18. The number of hydrogen-bond acceptors (Lipinski definition) is 4. The summed E-state index contributed by atoms with van der Waals surface area (Å²) >= 11 is 0. The number of ether oxygens (including phenoxy) is 1. The summed E-state index contributed by atoms with van der Waals surface area (Å²) in [6.07, 6.45) is 1.20. The third-order valence-corrected chi connectivity index (χ3v) is 4.62. The Labute approximate surface area is 112 Å². The number of rotatable bonds is 4. The van der Waals surface area contributed by atoms with E-state index in [0.29, 0.717) is 31.6 Å². The van der Waals surface area contributed by atoms with E-state index in [1.54, 1.807) is 0 Å². The third kappa shape index (κ3) is 3.50. The van der Waals surface area contributed by atoms with E-state index in [1.807, 2.05) is 0 Å². The smallest absolute Gasteiger partial charge is 0.243 e. The van der Waals surface area contributed by atoms with Crippen LogP contribution in [0.15, 0.2) is 23.1 Å². The third-order valence-electron chi connectivity index (χ3n) is 3.06. The van der Waals surface area contributed by atoms with Crippen molar-refractivity contribution in [3.63, 3.8) is 0 Å². The van der Waals surface area contributed by atoms with Gasteiger partial charge >= 0.3 is 0 Å². The van der Waals surface area contributed by atoms with E-state index < -0.39 is 15.8 Å². The molecule has 0 saturated carbocycles. The molecule has 1 heterocycles. The average Bonchev–Trinajstić information content (AvgIpc) is 2.38. The maximum atomic E-state index is 13.8. The molecule has 19 heavy (non-hydrogen) atoms. The van der Waals surface area contributed by atoms with Crippen molar-refractivity contribution in [3.05, 3.63) is 29.6 Å². The van der Waals surface area contributed by atoms with Crippen LogP contribution in [0.5, 0.6) is 0 Å². The van der Waals surface area contributed by atoms with E-state index in [2.05, 4.69) is 4.72 Å². The summed E-state index contributed by atoms with van der Waals surface area (Å²) in [5.74, 6) is -0.775. The number of benzene rings is 1. The van der Waals surface area contributed by atoms with Crippen LogP contribution in [0.25, 0.3) is 0 Å². The lowest BCUT2D eigenvalue weighted by Gasteiger charge is -2.23. The lowest BCUT2D eigenvalue weighted by Crippen LogP contribution is -2.39. The van der Waals surface area contributed by atoms with Crippen molar-refractivity contribution in [2.75, 3.05) is 13.2 Å². The fourth-order valence-electron chi connectivity index (χ4n) is 1.99. The largest absolute Gasteiger partial charge is 0.381 e. The summed E-state index contributed by atoms with van der Waals surface area (Å²) in [5.41, 5.74) is 5.94. The summed E-state index contributed by atoms with van der Waals surface area (Å²) < 4.78 is 45.6. The van der Waals surface area contributed by atoms with Crippen LogP contribution in [0.3, 0.4) is 0 Å². The highest BCUT2D eigenvalue weighted by atomic mass is 32.2. The summed E-state index contributed by atoms with van der Waals surface area (Å²) in [6, 6.07) is 3.71. The van der Waals surface area contributed by atoms with Crippen molar-refractivity contribution in [1.82, 2.24) is 4.72 Å². The first kappa shape index (κ1) is 14.4. The van der Waals surface area contributed by atoms with E-state index in [4.69, 9.17) is 10.5 Å². The Balaban J connectivity index is 2.18. The first-order valence-corrected chi connectivity index (χ1v) is 7.60. The molecule has 2 rings (SSSR count). The molecule has 0 radical (unpaired) electrons. The predicted octanol–water partition coefficient (Wildman–Crippen LogP) is 0.742. The average molecular weight is 288 g/mol. The van der Waals surface area contributed by atoms with Gasteiger partial charge in [-0.15, -0.1) is 0 Å². The van der Waals surface area contributed by atoms with Gasteiger partial charge in [0, 0.05) is 25.8 Å². The Morgan fingerprint density at radius 3 is 2.63 bits per heavy atom. The van der Waals surface area contributed by atoms with Gasteiger partial charge < -0.3 is 10.5 Å². The number of sulfonamides is 1. The molecule has 0 amide bonds. The molecule has 1 saturated heterocycles. The number of hydrogen-bond donors (Lipinski definition) is 2. The standard InChI is InChI=1S/C12H17FN2O3S/c13-11-7-9(8-14)1-2-12(11)19(16,17)15-10-3-5-18-6-4-10/h1-2,7,10,15H,3-6,8,14H2. The number of halogens is 1. The van der Waals surface area contributed by atoms with Crippen molar-refractivity contribution < 1.29 is 17.5 Å². The SMILES string of the molecule is NCc1ccc(S(=O)(=O)NC2CCOCC2)c(F)c1. The molecule has 0 unspecified atom stereocenters. The highest BCUT2D eigenvalue weighted by molar-refractivity contribution is 7.89. The van der Waals surface area contributed by atoms with Crippen LogP contribution in [0, 0.1) is 5.82 Å². The van der Waals surface area contributed by atoms with Gasteiger partial charge in [-0.05, 0) is 30.5 Å². The lowest BCUT2D eigenvalue weighted by molar-refractivity contribution is 0.0832. The van der Waals surface area contributed by atoms with Gasteiger partial charge in [0.25, 0.3) is 0 Å². The van der Waals surface area contributed by atoms with E-state index >= 15 is 0 Å². The van der Waals surface area contributed by atoms with Crippen LogP contribution >= 0.6 is 0 Å². The van der Waals surface area contributed by atoms with E-state index in [0.717, 1.165) is 6.07 Å². The first-order chi connectivity index (χ1) is 9.03. The van der Waals surface area contributed by atoms with Crippen molar-refractivity contribution in [2.24, 2.45) is 5.73 Å². The van der Waals surface area contributed by atoms with Crippen molar-refractivity contribution in [3.8, 4) is 0 Å². The highest BCUT2D eigenvalue weighted by Gasteiger charge is 2.24. The Hall–Kier alpha value is -1.02. The quantitative estimate of drug-likeness (QED) is 0.856. The Bertz CT molecular complexity index is 542. The van der Waals surface area contributed by atoms with Gasteiger partial charge in [-0.1, -0.05) is 6.07 Å². The van der Waals surface area contributed by atoms with Gasteiger partial charge in [0.1, 0.15) is 10.7 Å². The second-order valence-corrected chi connectivity index (χ2v) is 6.16. The summed E-state index contributed by atoms with van der Waals surface area (Å²) in [6.45, 7) is 1.20. The van der Waals surface area contributed by atoms with Gasteiger partial charge in [0.2, 0.25) is 10.0 Å². The summed E-state index contributed by atoms with van der Waals surface area (Å²) in [5, 5.41) is 0. The molecule has 0 bridgehead atoms. The second kappa shape index (κ2) is 5.96. The van der Waals surface area contributed by atoms with Crippen molar-refractivity contribution in [2.45, 2.75) is 30.3 Å². The van der Waals surface area contributed by atoms with Gasteiger partial charge in [-0.3, -0.25) is 0 Å². The minimum absolute atomic E-state index is 0.171. The van der Waals surface area contributed by atoms with Crippen LogP contribution in [-0.4, -0.2) is 27.7 Å². The molecular weight excluding hydrogens is 271 g/mol. The molecule has 1 aliphatic rings. The Morgan fingerprint density at radius 1 is 1.37 bits per heavy atom. The molecule has 1 aromatic rings. The lowest BCUT2D eigenvalue weighted by atomic mass is 10.1. The first-order valence-electron chi connectivity index (χ1n) is 6.11. The molecule has 106 valence electrons. The van der Waals surface area contributed by atoms with E-state index in [9.17, 15) is 12.8 Å². The zero-order valence-electron chi connectivity index (χ0n) is 10.4. The molecule has 0 spiro atoms. The molecule has 1 fully saturated rings. The fourth-order valence-corrected chi connectivity index (χ4v) is 3.35. The topological polar surface area (TPSA) is 81.4 Å². The maximum absolute atomic E-state index is 13.8. The van der Waals surface area contributed by atoms with Crippen molar-refractivity contribution >= 4 is 10.0 Å². The zero-order chi connectivity index (χ0) is 13.9. The zero-order valence-corrected chi connectivity index (χ0v) is 11.2. The summed E-state index contributed by atoms with van der Waals surface area (Å²) in [4.78, 5) is -0.337. The molecule has 3 N–H and O–H groups in total. The van der Waals surface area contributed by atoms with E-state index in [-0.39, 0.29) is 17.5 Å². The minimum Gasteiger partial charge on any atom is -0.381 e. The monoisotopic (exact) mass is 288 g/mol.